The molecule has 0 aliphatic carbocycles. The molecule has 2 N–H and O–H groups in total. The second-order valence-electron chi connectivity index (χ2n) is 5.37. The van der Waals surface area contributed by atoms with Gasteiger partial charge < -0.3 is 15.2 Å². The standard InChI is InChI=1S/C16H35NO2/c1-3-4-5-6-7-8-9-10-11-12-13-18-14-15-19-16(2)17/h16H,3-15,17H2,1-2H3. The molecule has 0 bridgehead atoms. The summed E-state index contributed by atoms with van der Waals surface area (Å²) < 4.78 is 10.7. The largest absolute Gasteiger partial charge is 0.379 e. The monoisotopic (exact) mass is 273 g/mol. The predicted octanol–water partition coefficient (Wildman–Crippen LogP) is 4.25. The molecule has 0 radical (unpaired) electrons. The van der Waals surface area contributed by atoms with Crippen molar-refractivity contribution < 1.29 is 9.47 Å². The summed E-state index contributed by atoms with van der Waals surface area (Å²) in [5.41, 5.74) is 5.46. The molecule has 0 saturated heterocycles. The zero-order valence-corrected chi connectivity index (χ0v) is 13.2. The molecule has 0 saturated carbocycles. The van der Waals surface area contributed by atoms with E-state index in [2.05, 4.69) is 6.92 Å². The fourth-order valence-corrected chi connectivity index (χ4v) is 2.09. The van der Waals surface area contributed by atoms with Crippen LogP contribution in [-0.4, -0.2) is 26.0 Å². The molecule has 3 nitrogen and oxygen atoms in total. The molecule has 0 amide bonds. The van der Waals surface area contributed by atoms with Crippen LogP contribution < -0.4 is 5.73 Å². The highest BCUT2D eigenvalue weighted by Crippen LogP contribution is 2.10. The lowest BCUT2D eigenvalue weighted by Crippen LogP contribution is -2.21. The van der Waals surface area contributed by atoms with Crippen molar-refractivity contribution in [2.75, 3.05) is 19.8 Å². The molecule has 0 aliphatic heterocycles. The van der Waals surface area contributed by atoms with E-state index < -0.39 is 0 Å². The number of unbranched alkanes of at least 4 members (excludes halogenated alkanes) is 9. The molecular weight excluding hydrogens is 238 g/mol. The molecule has 0 aromatic heterocycles. The van der Waals surface area contributed by atoms with Crippen LogP contribution in [0.1, 0.15) is 78.1 Å². The van der Waals surface area contributed by atoms with Gasteiger partial charge in [-0.3, -0.25) is 0 Å². The molecule has 0 rings (SSSR count). The summed E-state index contributed by atoms with van der Waals surface area (Å²) in [5.74, 6) is 0. The number of hydrogen-bond acceptors (Lipinski definition) is 3. The van der Waals surface area contributed by atoms with Gasteiger partial charge in [0.1, 0.15) is 6.23 Å². The van der Waals surface area contributed by atoms with Crippen LogP contribution >= 0.6 is 0 Å². The van der Waals surface area contributed by atoms with E-state index in [4.69, 9.17) is 15.2 Å². The predicted molar refractivity (Wildman–Crippen MR) is 82.3 cm³/mol. The Morgan fingerprint density at radius 2 is 1.26 bits per heavy atom. The number of ether oxygens (including phenoxy) is 2. The van der Waals surface area contributed by atoms with Gasteiger partial charge in [-0.1, -0.05) is 64.7 Å². The lowest BCUT2D eigenvalue weighted by molar-refractivity contribution is 0.0141. The fraction of sp³-hybridized carbons (Fsp3) is 1.00. The van der Waals surface area contributed by atoms with Crippen molar-refractivity contribution in [3.05, 3.63) is 0 Å². The highest BCUT2D eigenvalue weighted by Gasteiger charge is 1.95. The van der Waals surface area contributed by atoms with Crippen LogP contribution in [0.15, 0.2) is 0 Å². The third-order valence-corrected chi connectivity index (χ3v) is 3.25. The summed E-state index contributed by atoms with van der Waals surface area (Å²) >= 11 is 0. The molecule has 0 aliphatic rings. The van der Waals surface area contributed by atoms with Crippen molar-refractivity contribution >= 4 is 0 Å². The second kappa shape index (κ2) is 15.9. The Hall–Kier alpha value is -0.120. The van der Waals surface area contributed by atoms with Crippen LogP contribution in [0.3, 0.4) is 0 Å². The van der Waals surface area contributed by atoms with E-state index in [9.17, 15) is 0 Å². The quantitative estimate of drug-likeness (QED) is 0.358. The first-order valence-electron chi connectivity index (χ1n) is 8.22. The zero-order valence-electron chi connectivity index (χ0n) is 13.2. The summed E-state index contributed by atoms with van der Waals surface area (Å²) in [6.07, 6.45) is 13.5. The van der Waals surface area contributed by atoms with Crippen molar-refractivity contribution in [3.8, 4) is 0 Å². The highest BCUT2D eigenvalue weighted by atomic mass is 16.5. The molecule has 116 valence electrons. The molecule has 1 atom stereocenters. The number of hydrogen-bond donors (Lipinski definition) is 1. The minimum atomic E-state index is -0.180. The molecule has 0 aromatic rings. The van der Waals surface area contributed by atoms with Gasteiger partial charge in [-0.25, -0.2) is 0 Å². The van der Waals surface area contributed by atoms with Crippen LogP contribution in [0.2, 0.25) is 0 Å². The molecular formula is C16H35NO2. The lowest BCUT2D eigenvalue weighted by Gasteiger charge is -2.08. The van der Waals surface area contributed by atoms with Gasteiger partial charge in [0.05, 0.1) is 13.2 Å². The Bertz CT molecular complexity index is 163. The second-order valence-corrected chi connectivity index (χ2v) is 5.37. The summed E-state index contributed by atoms with van der Waals surface area (Å²) in [7, 11) is 0. The van der Waals surface area contributed by atoms with Crippen molar-refractivity contribution in [2.45, 2.75) is 84.3 Å². The van der Waals surface area contributed by atoms with Gasteiger partial charge in [0.2, 0.25) is 0 Å². The summed E-state index contributed by atoms with van der Waals surface area (Å²) in [4.78, 5) is 0. The van der Waals surface area contributed by atoms with Crippen LogP contribution in [0.25, 0.3) is 0 Å². The van der Waals surface area contributed by atoms with Gasteiger partial charge in [0.15, 0.2) is 0 Å². The topological polar surface area (TPSA) is 44.5 Å². The average molecular weight is 273 g/mol. The first kappa shape index (κ1) is 18.9. The minimum Gasteiger partial charge on any atom is -0.379 e. The lowest BCUT2D eigenvalue weighted by atomic mass is 10.1. The normalized spacial score (nSPS) is 12.8. The number of nitrogens with two attached hydrogens (primary N) is 1. The maximum Gasteiger partial charge on any atom is 0.102 e. The third kappa shape index (κ3) is 17.9. The molecule has 3 heteroatoms. The van der Waals surface area contributed by atoms with E-state index in [1.807, 2.05) is 6.92 Å². The van der Waals surface area contributed by atoms with Crippen LogP contribution in [-0.2, 0) is 9.47 Å². The first-order chi connectivity index (χ1) is 9.27. The smallest absolute Gasteiger partial charge is 0.102 e. The Kier molecular flexibility index (Phi) is 15.8. The molecule has 19 heavy (non-hydrogen) atoms. The average Bonchev–Trinajstić information content (AvgIpc) is 2.39. The van der Waals surface area contributed by atoms with Gasteiger partial charge in [-0.2, -0.15) is 0 Å². The molecule has 0 spiro atoms. The summed E-state index contributed by atoms with van der Waals surface area (Å²) in [6.45, 7) is 6.24. The van der Waals surface area contributed by atoms with Crippen molar-refractivity contribution in [3.63, 3.8) is 0 Å². The van der Waals surface area contributed by atoms with Crippen LogP contribution in [0, 0.1) is 0 Å². The van der Waals surface area contributed by atoms with Crippen molar-refractivity contribution in [2.24, 2.45) is 5.73 Å². The Morgan fingerprint density at radius 1 is 0.737 bits per heavy atom. The fourth-order valence-electron chi connectivity index (χ4n) is 2.09. The third-order valence-electron chi connectivity index (χ3n) is 3.25. The van der Waals surface area contributed by atoms with Crippen molar-refractivity contribution in [1.29, 1.82) is 0 Å². The Balaban J connectivity index is 2.91. The van der Waals surface area contributed by atoms with Gasteiger partial charge in [0, 0.05) is 6.61 Å². The number of rotatable bonds is 15. The van der Waals surface area contributed by atoms with E-state index in [1.165, 1.54) is 64.2 Å². The first-order valence-corrected chi connectivity index (χ1v) is 8.22. The van der Waals surface area contributed by atoms with E-state index in [-0.39, 0.29) is 6.23 Å². The molecule has 0 heterocycles. The maximum atomic E-state index is 5.48. The van der Waals surface area contributed by atoms with E-state index in [1.54, 1.807) is 0 Å². The van der Waals surface area contributed by atoms with E-state index in [0.29, 0.717) is 13.2 Å². The SMILES string of the molecule is CCCCCCCCCCCCOCCOC(C)N. The molecule has 0 aromatic carbocycles. The van der Waals surface area contributed by atoms with Crippen molar-refractivity contribution in [1.82, 2.24) is 0 Å². The highest BCUT2D eigenvalue weighted by molar-refractivity contribution is 4.47. The minimum absolute atomic E-state index is 0.180. The summed E-state index contributed by atoms with van der Waals surface area (Å²) in [5, 5.41) is 0. The molecule has 0 fully saturated rings. The van der Waals surface area contributed by atoms with Gasteiger partial charge in [0.25, 0.3) is 0 Å². The van der Waals surface area contributed by atoms with Gasteiger partial charge >= 0.3 is 0 Å². The van der Waals surface area contributed by atoms with Gasteiger partial charge in [-0.05, 0) is 13.3 Å². The Labute approximate surface area is 120 Å². The van der Waals surface area contributed by atoms with E-state index >= 15 is 0 Å². The molecule has 1 unspecified atom stereocenters. The zero-order chi connectivity index (χ0) is 14.2. The maximum absolute atomic E-state index is 5.48. The van der Waals surface area contributed by atoms with Crippen LogP contribution in [0.4, 0.5) is 0 Å². The summed E-state index contributed by atoms with van der Waals surface area (Å²) in [6, 6.07) is 0. The Morgan fingerprint density at radius 3 is 1.79 bits per heavy atom. The van der Waals surface area contributed by atoms with Crippen LogP contribution in [0.5, 0.6) is 0 Å². The van der Waals surface area contributed by atoms with Gasteiger partial charge in [-0.15, -0.1) is 0 Å². The van der Waals surface area contributed by atoms with E-state index in [0.717, 1.165) is 6.61 Å².